The van der Waals surface area contributed by atoms with E-state index in [0.717, 1.165) is 0 Å². The maximum atomic E-state index is 12.0. The first-order valence-electron chi connectivity index (χ1n) is 5.88. The summed E-state index contributed by atoms with van der Waals surface area (Å²) in [6, 6.07) is 0. The molecule has 19 heavy (non-hydrogen) atoms. The van der Waals surface area contributed by atoms with Gasteiger partial charge in [0.25, 0.3) is 0 Å². The number of morpholine rings is 1. The number of amides is 1. The highest BCUT2D eigenvalue weighted by Gasteiger charge is 2.20. The van der Waals surface area contributed by atoms with Crippen LogP contribution in [0.4, 0.5) is 5.69 Å². The van der Waals surface area contributed by atoms with Crippen LogP contribution in [0.3, 0.4) is 0 Å². The van der Waals surface area contributed by atoms with Crippen molar-refractivity contribution in [1.29, 1.82) is 0 Å². The number of carbonyl (C=O) groups is 2. The lowest BCUT2D eigenvalue weighted by molar-refractivity contribution is -0.136. The van der Waals surface area contributed by atoms with E-state index in [2.05, 4.69) is 9.84 Å². The van der Waals surface area contributed by atoms with Gasteiger partial charge in [0.1, 0.15) is 6.54 Å². The zero-order valence-corrected chi connectivity index (χ0v) is 10.7. The van der Waals surface area contributed by atoms with Crippen LogP contribution in [-0.2, 0) is 20.8 Å². The van der Waals surface area contributed by atoms with E-state index in [1.54, 1.807) is 4.90 Å². The fourth-order valence-electron chi connectivity index (χ4n) is 1.82. The van der Waals surface area contributed by atoms with E-state index in [1.165, 1.54) is 18.0 Å². The molecule has 1 aromatic rings. The normalized spacial score (nSPS) is 15.3. The fraction of sp³-hybridized carbons (Fsp3) is 0.545. The minimum atomic E-state index is -0.616. The third-order valence-electron chi connectivity index (χ3n) is 2.83. The van der Waals surface area contributed by atoms with Gasteiger partial charge < -0.3 is 20.1 Å². The van der Waals surface area contributed by atoms with Crippen LogP contribution < -0.4 is 5.73 Å². The van der Waals surface area contributed by atoms with Crippen molar-refractivity contribution in [1.82, 2.24) is 14.7 Å². The topological polar surface area (TPSA) is 99.7 Å². The molecule has 2 rings (SSSR count). The molecule has 0 spiro atoms. The number of nitrogens with zero attached hydrogens (tertiary/aromatic N) is 3. The fourth-order valence-corrected chi connectivity index (χ4v) is 1.82. The Kier molecular flexibility index (Phi) is 4.00. The maximum absolute atomic E-state index is 12.0. The van der Waals surface area contributed by atoms with Gasteiger partial charge in [-0.25, -0.2) is 4.79 Å². The number of nitrogen functional groups attached to an aromatic ring is 1. The van der Waals surface area contributed by atoms with E-state index in [0.29, 0.717) is 26.3 Å². The van der Waals surface area contributed by atoms with Crippen molar-refractivity contribution in [2.24, 2.45) is 0 Å². The lowest BCUT2D eigenvalue weighted by Crippen LogP contribution is -2.42. The summed E-state index contributed by atoms with van der Waals surface area (Å²) in [6.07, 6.45) is 1.45. The summed E-state index contributed by atoms with van der Waals surface area (Å²) in [4.78, 5) is 25.0. The number of esters is 1. The van der Waals surface area contributed by atoms with Crippen LogP contribution in [0.2, 0.25) is 0 Å². The molecule has 1 fully saturated rings. The highest BCUT2D eigenvalue weighted by atomic mass is 16.5. The lowest BCUT2D eigenvalue weighted by Gasteiger charge is -2.26. The summed E-state index contributed by atoms with van der Waals surface area (Å²) in [5.74, 6) is -0.697. The zero-order chi connectivity index (χ0) is 13.8. The Balaban J connectivity index is 2.02. The Labute approximate surface area is 110 Å². The number of aromatic nitrogens is 2. The molecule has 1 saturated heterocycles. The Morgan fingerprint density at radius 3 is 2.79 bits per heavy atom. The Bertz CT molecular complexity index is 479. The Hall–Kier alpha value is -2.09. The average Bonchev–Trinajstić information content (AvgIpc) is 2.79. The first-order valence-corrected chi connectivity index (χ1v) is 5.88. The van der Waals surface area contributed by atoms with Crippen LogP contribution >= 0.6 is 0 Å². The molecule has 0 unspecified atom stereocenters. The summed E-state index contributed by atoms with van der Waals surface area (Å²) in [5, 5.41) is 3.95. The monoisotopic (exact) mass is 268 g/mol. The molecule has 0 radical (unpaired) electrons. The van der Waals surface area contributed by atoms with Gasteiger partial charge in [-0.05, 0) is 0 Å². The van der Waals surface area contributed by atoms with Gasteiger partial charge in [0, 0.05) is 19.3 Å². The highest BCUT2D eigenvalue weighted by molar-refractivity contribution is 5.92. The van der Waals surface area contributed by atoms with E-state index < -0.39 is 5.97 Å². The van der Waals surface area contributed by atoms with Gasteiger partial charge >= 0.3 is 5.97 Å². The summed E-state index contributed by atoms with van der Waals surface area (Å²) in [6.45, 7) is 2.26. The van der Waals surface area contributed by atoms with Crippen molar-refractivity contribution in [3.05, 3.63) is 11.9 Å². The highest BCUT2D eigenvalue weighted by Crippen LogP contribution is 2.10. The summed E-state index contributed by atoms with van der Waals surface area (Å²) >= 11 is 0. The Morgan fingerprint density at radius 1 is 1.47 bits per heavy atom. The first-order chi connectivity index (χ1) is 9.11. The molecule has 1 amide bonds. The molecular weight excluding hydrogens is 252 g/mol. The average molecular weight is 268 g/mol. The maximum Gasteiger partial charge on any atom is 0.360 e. The summed E-state index contributed by atoms with van der Waals surface area (Å²) in [7, 11) is 1.25. The van der Waals surface area contributed by atoms with E-state index in [9.17, 15) is 9.59 Å². The Morgan fingerprint density at radius 2 is 2.16 bits per heavy atom. The third kappa shape index (κ3) is 3.02. The number of nitrogens with two attached hydrogens (primary N) is 1. The lowest BCUT2D eigenvalue weighted by atomic mass is 10.4. The molecule has 1 aliphatic rings. The number of rotatable bonds is 3. The van der Waals surface area contributed by atoms with Crippen LogP contribution in [-0.4, -0.2) is 60.0 Å². The van der Waals surface area contributed by atoms with Gasteiger partial charge in [-0.1, -0.05) is 0 Å². The molecular formula is C11H16N4O4. The minimum absolute atomic E-state index is 0.0253. The number of carbonyl (C=O) groups excluding carboxylic acids is 2. The quantitative estimate of drug-likeness (QED) is 0.714. The smallest absolute Gasteiger partial charge is 0.360 e. The summed E-state index contributed by atoms with van der Waals surface area (Å²) in [5.41, 5.74) is 5.86. The minimum Gasteiger partial charge on any atom is -0.464 e. The SMILES string of the molecule is COC(=O)c1nn(CC(=O)N2CCOCC2)cc1N. The molecule has 0 saturated carbocycles. The van der Waals surface area contributed by atoms with Crippen LogP contribution in [0.25, 0.3) is 0 Å². The van der Waals surface area contributed by atoms with Gasteiger partial charge in [-0.2, -0.15) is 5.10 Å². The second kappa shape index (κ2) is 5.70. The second-order valence-electron chi connectivity index (χ2n) is 4.12. The largest absolute Gasteiger partial charge is 0.464 e. The number of hydrogen-bond acceptors (Lipinski definition) is 6. The van der Waals surface area contributed by atoms with Crippen LogP contribution in [0.5, 0.6) is 0 Å². The van der Waals surface area contributed by atoms with Gasteiger partial charge in [-0.3, -0.25) is 9.48 Å². The van der Waals surface area contributed by atoms with Crippen molar-refractivity contribution in [2.75, 3.05) is 39.1 Å². The summed E-state index contributed by atoms with van der Waals surface area (Å²) < 4.78 is 11.1. The molecule has 8 heteroatoms. The second-order valence-corrected chi connectivity index (χ2v) is 4.12. The van der Waals surface area contributed by atoms with Gasteiger partial charge in [-0.15, -0.1) is 0 Å². The van der Waals surface area contributed by atoms with E-state index in [1.807, 2.05) is 0 Å². The third-order valence-corrected chi connectivity index (χ3v) is 2.83. The van der Waals surface area contributed by atoms with Crippen molar-refractivity contribution in [2.45, 2.75) is 6.54 Å². The van der Waals surface area contributed by atoms with Crippen LogP contribution in [0, 0.1) is 0 Å². The van der Waals surface area contributed by atoms with Crippen LogP contribution in [0.1, 0.15) is 10.5 Å². The van der Waals surface area contributed by atoms with Crippen molar-refractivity contribution < 1.29 is 19.1 Å². The predicted molar refractivity (Wildman–Crippen MR) is 65.4 cm³/mol. The number of anilines is 1. The molecule has 8 nitrogen and oxygen atoms in total. The number of hydrogen-bond donors (Lipinski definition) is 1. The molecule has 2 N–H and O–H groups in total. The molecule has 2 heterocycles. The predicted octanol–water partition coefficient (Wildman–Crippen LogP) is -0.889. The molecule has 0 aromatic carbocycles. The van der Waals surface area contributed by atoms with Gasteiger partial charge in [0.2, 0.25) is 5.91 Å². The van der Waals surface area contributed by atoms with E-state index in [4.69, 9.17) is 10.5 Å². The molecule has 1 aromatic heterocycles. The molecule has 104 valence electrons. The molecule has 0 bridgehead atoms. The van der Waals surface area contributed by atoms with E-state index in [-0.39, 0.29) is 23.8 Å². The van der Waals surface area contributed by atoms with Gasteiger partial charge in [0.05, 0.1) is 26.0 Å². The molecule has 0 aliphatic carbocycles. The standard InChI is InChI=1S/C11H16N4O4/c1-18-11(17)10-8(12)6-15(13-10)7-9(16)14-2-4-19-5-3-14/h6H,2-5,7,12H2,1H3. The van der Waals surface area contributed by atoms with E-state index >= 15 is 0 Å². The van der Waals surface area contributed by atoms with Crippen molar-refractivity contribution in [3.8, 4) is 0 Å². The number of methoxy groups -OCH3 is 1. The zero-order valence-electron chi connectivity index (χ0n) is 10.7. The van der Waals surface area contributed by atoms with Crippen molar-refractivity contribution >= 4 is 17.6 Å². The number of ether oxygens (including phenoxy) is 2. The molecule has 1 aliphatic heterocycles. The van der Waals surface area contributed by atoms with Crippen LogP contribution in [0.15, 0.2) is 6.20 Å². The first kappa shape index (κ1) is 13.3. The van der Waals surface area contributed by atoms with Gasteiger partial charge in [0.15, 0.2) is 5.69 Å². The molecule has 0 atom stereocenters. The van der Waals surface area contributed by atoms with Crippen molar-refractivity contribution in [3.63, 3.8) is 0 Å².